The summed E-state index contributed by atoms with van der Waals surface area (Å²) < 4.78 is 85.5. The number of morpholine rings is 1. The van der Waals surface area contributed by atoms with Crippen molar-refractivity contribution in [3.05, 3.63) is 28.8 Å². The Morgan fingerprint density at radius 2 is 1.62 bits per heavy atom. The zero-order chi connectivity index (χ0) is 24.7. The van der Waals surface area contributed by atoms with Crippen molar-refractivity contribution in [2.45, 2.75) is 25.0 Å². The number of carbonyl (C=O) groups excluding carboxylic acids is 1. The Kier molecular flexibility index (Phi) is 7.12. The molecule has 190 valence electrons. The maximum Gasteiger partial charge on any atom is 0.434 e. The molecule has 0 N–H and O–H groups in total. The van der Waals surface area contributed by atoms with Crippen LogP contribution < -0.4 is 4.90 Å². The Balaban J connectivity index is 1.36. The van der Waals surface area contributed by atoms with Crippen LogP contribution in [-0.2, 0) is 16.0 Å². The molecule has 3 aliphatic rings. The van der Waals surface area contributed by atoms with Crippen LogP contribution in [0.4, 0.5) is 36.8 Å². The number of hydrogen-bond acceptors (Lipinski definition) is 5. The van der Waals surface area contributed by atoms with Crippen LogP contribution in [0, 0.1) is 11.8 Å². The Bertz CT molecular complexity index is 865. The van der Waals surface area contributed by atoms with E-state index in [9.17, 15) is 31.1 Å². The standard InChI is InChI=1S/C21H24ClF6N3O3/c22-16-3-1-2-13(17(16)30-4-6-33-7-5-30)8-29-9-14-11-31(12-15(14)10-29)19(32)34-18(20(23,24)25)21(26,27)28/h1-3,14-15,18H,4-12H2. The van der Waals surface area contributed by atoms with E-state index in [1.807, 2.05) is 18.2 Å². The molecule has 13 heteroatoms. The van der Waals surface area contributed by atoms with Crippen LogP contribution in [0.3, 0.4) is 0 Å². The normalized spacial score (nSPS) is 24.1. The monoisotopic (exact) mass is 515 g/mol. The third-order valence-electron chi connectivity index (χ3n) is 6.42. The minimum Gasteiger partial charge on any atom is -0.426 e. The summed E-state index contributed by atoms with van der Waals surface area (Å²) >= 11 is 6.48. The van der Waals surface area contributed by atoms with E-state index >= 15 is 0 Å². The van der Waals surface area contributed by atoms with Gasteiger partial charge >= 0.3 is 18.4 Å². The fraction of sp³-hybridized carbons (Fsp3) is 0.667. The van der Waals surface area contributed by atoms with Crippen molar-refractivity contribution < 1.29 is 40.6 Å². The van der Waals surface area contributed by atoms with Crippen LogP contribution in [0.15, 0.2) is 18.2 Å². The first kappa shape index (κ1) is 25.2. The van der Waals surface area contributed by atoms with E-state index in [-0.39, 0.29) is 24.9 Å². The summed E-state index contributed by atoms with van der Waals surface area (Å²) in [7, 11) is 0. The SMILES string of the molecule is O=C(OC(C(F)(F)F)C(F)(F)F)N1CC2CN(Cc3cccc(Cl)c3N3CCOCC3)CC2C1. The Morgan fingerprint density at radius 1 is 1.03 bits per heavy atom. The molecular weight excluding hydrogens is 492 g/mol. The van der Waals surface area contributed by atoms with Crippen LogP contribution in [0.1, 0.15) is 5.56 Å². The van der Waals surface area contributed by atoms with Crippen molar-refractivity contribution in [1.29, 1.82) is 0 Å². The van der Waals surface area contributed by atoms with E-state index in [1.54, 1.807) is 0 Å². The molecule has 6 nitrogen and oxygen atoms in total. The number of carbonyl (C=O) groups is 1. The Morgan fingerprint density at radius 3 is 2.18 bits per heavy atom. The minimum atomic E-state index is -5.73. The topological polar surface area (TPSA) is 45.2 Å². The van der Waals surface area contributed by atoms with Crippen LogP contribution >= 0.6 is 11.6 Å². The number of alkyl halides is 6. The summed E-state index contributed by atoms with van der Waals surface area (Å²) in [5.74, 6) is -0.123. The number of hydrogen-bond donors (Lipinski definition) is 0. The van der Waals surface area contributed by atoms with Crippen molar-refractivity contribution in [3.63, 3.8) is 0 Å². The lowest BCUT2D eigenvalue weighted by Crippen LogP contribution is -2.48. The van der Waals surface area contributed by atoms with Gasteiger partial charge in [-0.2, -0.15) is 26.3 Å². The second-order valence-electron chi connectivity index (χ2n) is 8.81. The van der Waals surface area contributed by atoms with E-state index < -0.39 is 24.5 Å². The molecule has 0 bridgehead atoms. The number of fused-ring (bicyclic) bond motifs is 1. The molecule has 2 atom stereocenters. The average molecular weight is 516 g/mol. The van der Waals surface area contributed by atoms with E-state index in [0.717, 1.165) is 29.2 Å². The van der Waals surface area contributed by atoms with Gasteiger partial charge in [-0.25, -0.2) is 4.79 Å². The quantitative estimate of drug-likeness (QED) is 0.563. The molecule has 3 heterocycles. The molecule has 1 aromatic rings. The van der Waals surface area contributed by atoms with Gasteiger partial charge in [0.25, 0.3) is 6.10 Å². The largest absolute Gasteiger partial charge is 0.434 e. The molecular formula is C21H24ClF6N3O3. The highest BCUT2D eigenvalue weighted by Crippen LogP contribution is 2.38. The van der Waals surface area contributed by atoms with Gasteiger partial charge in [0.05, 0.1) is 23.9 Å². The minimum absolute atomic E-state index is 0.0499. The van der Waals surface area contributed by atoms with Crippen LogP contribution in [-0.4, -0.2) is 86.8 Å². The van der Waals surface area contributed by atoms with Crippen molar-refractivity contribution >= 4 is 23.4 Å². The van der Waals surface area contributed by atoms with Gasteiger partial charge in [-0.15, -0.1) is 0 Å². The number of ether oxygens (including phenoxy) is 2. The highest BCUT2D eigenvalue weighted by atomic mass is 35.5. The molecule has 34 heavy (non-hydrogen) atoms. The number of anilines is 1. The molecule has 0 aromatic heterocycles. The second-order valence-corrected chi connectivity index (χ2v) is 9.22. The third-order valence-corrected chi connectivity index (χ3v) is 6.73. The molecule has 3 saturated heterocycles. The number of halogens is 7. The van der Waals surface area contributed by atoms with Crippen molar-refractivity contribution in [1.82, 2.24) is 9.80 Å². The number of nitrogens with zero attached hydrogens (tertiary/aromatic N) is 3. The van der Waals surface area contributed by atoms with Gasteiger partial charge in [0.15, 0.2) is 0 Å². The molecule has 0 aliphatic carbocycles. The average Bonchev–Trinajstić information content (AvgIpc) is 3.29. The molecule has 0 radical (unpaired) electrons. The van der Waals surface area contributed by atoms with Gasteiger partial charge in [0.1, 0.15) is 0 Å². The predicted octanol–water partition coefficient (Wildman–Crippen LogP) is 4.17. The van der Waals surface area contributed by atoms with Gasteiger partial charge in [0, 0.05) is 45.8 Å². The maximum absolute atomic E-state index is 12.7. The summed E-state index contributed by atoms with van der Waals surface area (Å²) in [4.78, 5) is 17.4. The lowest BCUT2D eigenvalue weighted by Gasteiger charge is -2.32. The lowest BCUT2D eigenvalue weighted by molar-refractivity contribution is -0.308. The molecule has 0 spiro atoms. The second kappa shape index (κ2) is 9.62. The lowest BCUT2D eigenvalue weighted by atomic mass is 10.0. The summed E-state index contributed by atoms with van der Waals surface area (Å²) in [6.45, 7) is 4.46. The first-order valence-electron chi connectivity index (χ1n) is 10.8. The number of para-hydroxylation sites is 1. The fourth-order valence-corrected chi connectivity index (χ4v) is 5.25. The van der Waals surface area contributed by atoms with E-state index in [4.69, 9.17) is 16.3 Å². The molecule has 1 amide bonds. The molecule has 3 fully saturated rings. The Hall–Kier alpha value is -1.92. The maximum atomic E-state index is 12.7. The molecule has 1 aromatic carbocycles. The highest BCUT2D eigenvalue weighted by Gasteiger charge is 2.60. The van der Waals surface area contributed by atoms with Crippen molar-refractivity contribution in [3.8, 4) is 0 Å². The summed E-state index contributed by atoms with van der Waals surface area (Å²) in [6.07, 6.45) is -17.2. The van der Waals surface area contributed by atoms with Crippen molar-refractivity contribution in [2.24, 2.45) is 11.8 Å². The van der Waals surface area contributed by atoms with Gasteiger partial charge in [-0.05, 0) is 23.5 Å². The highest BCUT2D eigenvalue weighted by molar-refractivity contribution is 6.33. The van der Waals surface area contributed by atoms with Crippen LogP contribution in [0.25, 0.3) is 0 Å². The zero-order valence-electron chi connectivity index (χ0n) is 18.0. The summed E-state index contributed by atoms with van der Waals surface area (Å²) in [5.41, 5.74) is 1.98. The van der Waals surface area contributed by atoms with E-state index in [1.165, 1.54) is 0 Å². The van der Waals surface area contributed by atoms with Gasteiger partial charge in [-0.3, -0.25) is 4.90 Å². The number of likely N-dealkylation sites (tertiary alicyclic amines) is 2. The van der Waals surface area contributed by atoms with Gasteiger partial charge in [-0.1, -0.05) is 23.7 Å². The smallest absolute Gasteiger partial charge is 0.426 e. The number of benzene rings is 1. The van der Waals surface area contributed by atoms with Crippen LogP contribution in [0.2, 0.25) is 5.02 Å². The molecule has 0 saturated carbocycles. The Labute approximate surface area is 197 Å². The third kappa shape index (κ3) is 5.49. The molecule has 2 unspecified atom stereocenters. The molecule has 4 rings (SSSR count). The van der Waals surface area contributed by atoms with E-state index in [0.29, 0.717) is 37.9 Å². The summed E-state index contributed by atoms with van der Waals surface area (Å²) in [6, 6.07) is 5.68. The van der Waals surface area contributed by atoms with Gasteiger partial charge in [0.2, 0.25) is 0 Å². The first-order chi connectivity index (χ1) is 15.9. The number of amides is 1. The van der Waals surface area contributed by atoms with Crippen molar-refractivity contribution in [2.75, 3.05) is 57.4 Å². The predicted molar refractivity (Wildman–Crippen MR) is 111 cm³/mol. The molecule has 3 aliphatic heterocycles. The number of rotatable bonds is 4. The zero-order valence-corrected chi connectivity index (χ0v) is 18.8. The first-order valence-corrected chi connectivity index (χ1v) is 11.2. The summed E-state index contributed by atoms with van der Waals surface area (Å²) in [5, 5.41) is 0.636. The fourth-order valence-electron chi connectivity index (χ4n) is 4.93. The van der Waals surface area contributed by atoms with Crippen LogP contribution in [0.5, 0.6) is 0 Å². The van der Waals surface area contributed by atoms with E-state index in [2.05, 4.69) is 14.5 Å². The van der Waals surface area contributed by atoms with Gasteiger partial charge < -0.3 is 19.3 Å².